The normalized spacial score (nSPS) is 24.4. The Labute approximate surface area is 83.0 Å². The third-order valence-electron chi connectivity index (χ3n) is 1.83. The summed E-state index contributed by atoms with van der Waals surface area (Å²) in [5, 5.41) is 25.8. The third-order valence-corrected chi connectivity index (χ3v) is 1.83. The molecule has 0 bridgehead atoms. The molecule has 3 N–H and O–H groups in total. The van der Waals surface area contributed by atoms with E-state index in [1.165, 1.54) is 0 Å². The van der Waals surface area contributed by atoms with Crippen LogP contribution < -0.4 is 0 Å². The molecule has 1 rings (SSSR count). The second-order valence-corrected chi connectivity index (χ2v) is 2.81. The molecule has 1 aliphatic rings. The number of aliphatic carboxylic acids is 3. The third kappa shape index (κ3) is 1.90. The lowest BCUT2D eigenvalue weighted by Crippen LogP contribution is -2.57. The molecule has 0 amide bonds. The van der Waals surface area contributed by atoms with Gasteiger partial charge in [-0.05, 0) is 0 Å². The second kappa shape index (κ2) is 3.83. The summed E-state index contributed by atoms with van der Waals surface area (Å²) >= 11 is 0. The van der Waals surface area contributed by atoms with Crippen LogP contribution in [-0.4, -0.2) is 51.7 Å². The standard InChI is InChI=1S/C7H8O8/c8-4(9)3-1-2-14-7(15-3,5(10)11)6(12)13/h3H,1-2H2,(H,8,9)(H,10,11)(H,12,13). The zero-order valence-electron chi connectivity index (χ0n) is 7.37. The largest absolute Gasteiger partial charge is 0.479 e. The van der Waals surface area contributed by atoms with Crippen molar-refractivity contribution in [3.63, 3.8) is 0 Å². The highest BCUT2D eigenvalue weighted by molar-refractivity contribution is 6.00. The maximum absolute atomic E-state index is 10.7. The number of carboxylic acids is 3. The Morgan fingerprint density at radius 2 is 1.67 bits per heavy atom. The van der Waals surface area contributed by atoms with Crippen LogP contribution in [-0.2, 0) is 23.9 Å². The van der Waals surface area contributed by atoms with Gasteiger partial charge in [-0.15, -0.1) is 0 Å². The van der Waals surface area contributed by atoms with E-state index in [0.717, 1.165) is 0 Å². The molecule has 1 unspecified atom stereocenters. The number of hydrogen-bond donors (Lipinski definition) is 3. The fraction of sp³-hybridized carbons (Fsp3) is 0.571. The first-order chi connectivity index (χ1) is 6.90. The van der Waals surface area contributed by atoms with Gasteiger partial charge in [-0.2, -0.15) is 0 Å². The summed E-state index contributed by atoms with van der Waals surface area (Å²) in [5.41, 5.74) is 0. The van der Waals surface area contributed by atoms with Gasteiger partial charge >= 0.3 is 23.7 Å². The van der Waals surface area contributed by atoms with Crippen LogP contribution in [0.25, 0.3) is 0 Å². The highest BCUT2D eigenvalue weighted by atomic mass is 16.7. The molecule has 1 atom stereocenters. The van der Waals surface area contributed by atoms with Gasteiger partial charge in [0.1, 0.15) is 0 Å². The predicted molar refractivity (Wildman–Crippen MR) is 41.1 cm³/mol. The van der Waals surface area contributed by atoms with Crippen molar-refractivity contribution in [1.82, 2.24) is 0 Å². The lowest BCUT2D eigenvalue weighted by Gasteiger charge is -2.32. The Morgan fingerprint density at radius 1 is 1.13 bits per heavy atom. The van der Waals surface area contributed by atoms with Crippen LogP contribution in [0.2, 0.25) is 0 Å². The molecule has 1 heterocycles. The van der Waals surface area contributed by atoms with Gasteiger partial charge in [0.2, 0.25) is 0 Å². The Morgan fingerprint density at radius 3 is 2.07 bits per heavy atom. The van der Waals surface area contributed by atoms with Crippen LogP contribution in [0.15, 0.2) is 0 Å². The SMILES string of the molecule is O=C(O)C1CCOC(C(=O)O)(C(=O)O)O1. The van der Waals surface area contributed by atoms with E-state index in [-0.39, 0.29) is 13.0 Å². The fourth-order valence-corrected chi connectivity index (χ4v) is 1.09. The Hall–Kier alpha value is -1.67. The molecule has 1 fully saturated rings. The highest BCUT2D eigenvalue weighted by Gasteiger charge is 2.55. The van der Waals surface area contributed by atoms with Crippen molar-refractivity contribution in [2.45, 2.75) is 18.3 Å². The van der Waals surface area contributed by atoms with Gasteiger partial charge < -0.3 is 24.8 Å². The smallest absolute Gasteiger partial charge is 0.377 e. The van der Waals surface area contributed by atoms with Crippen LogP contribution >= 0.6 is 0 Å². The van der Waals surface area contributed by atoms with Crippen molar-refractivity contribution in [2.24, 2.45) is 0 Å². The monoisotopic (exact) mass is 220 g/mol. The minimum atomic E-state index is -2.92. The minimum absolute atomic E-state index is 0.0996. The fourth-order valence-electron chi connectivity index (χ4n) is 1.09. The van der Waals surface area contributed by atoms with Crippen molar-refractivity contribution in [3.8, 4) is 0 Å². The van der Waals surface area contributed by atoms with E-state index in [0.29, 0.717) is 0 Å². The summed E-state index contributed by atoms with van der Waals surface area (Å²) in [6.45, 7) is -0.310. The van der Waals surface area contributed by atoms with Crippen molar-refractivity contribution < 1.29 is 39.2 Å². The maximum Gasteiger partial charge on any atom is 0.377 e. The first kappa shape index (κ1) is 11.4. The van der Waals surface area contributed by atoms with E-state index >= 15 is 0 Å². The Balaban J connectivity index is 2.95. The zero-order valence-corrected chi connectivity index (χ0v) is 7.37. The van der Waals surface area contributed by atoms with Crippen molar-refractivity contribution in [1.29, 1.82) is 0 Å². The van der Waals surface area contributed by atoms with E-state index in [1.54, 1.807) is 0 Å². The molecule has 0 radical (unpaired) electrons. The zero-order chi connectivity index (χ0) is 11.6. The van der Waals surface area contributed by atoms with Gasteiger partial charge in [0.05, 0.1) is 6.61 Å². The topological polar surface area (TPSA) is 130 Å². The Kier molecular flexibility index (Phi) is 2.91. The molecule has 8 nitrogen and oxygen atoms in total. The van der Waals surface area contributed by atoms with E-state index < -0.39 is 29.8 Å². The van der Waals surface area contributed by atoms with E-state index in [2.05, 4.69) is 9.47 Å². The highest BCUT2D eigenvalue weighted by Crippen LogP contribution is 2.24. The van der Waals surface area contributed by atoms with Gasteiger partial charge in [0, 0.05) is 6.42 Å². The minimum Gasteiger partial charge on any atom is -0.479 e. The summed E-state index contributed by atoms with van der Waals surface area (Å²) in [4.78, 5) is 31.8. The molecule has 1 aliphatic heterocycles. The number of rotatable bonds is 3. The predicted octanol–water partition coefficient (Wildman–Crippen LogP) is -1.26. The summed E-state index contributed by atoms with van der Waals surface area (Å²) in [6.07, 6.45) is -1.59. The molecule has 8 heteroatoms. The van der Waals surface area contributed by atoms with E-state index in [1.807, 2.05) is 0 Å². The molecular weight excluding hydrogens is 212 g/mol. The number of ether oxygens (including phenoxy) is 2. The van der Waals surface area contributed by atoms with Crippen molar-refractivity contribution in [3.05, 3.63) is 0 Å². The summed E-state index contributed by atoms with van der Waals surface area (Å²) in [6, 6.07) is 0. The van der Waals surface area contributed by atoms with Crippen LogP contribution in [0, 0.1) is 0 Å². The lowest BCUT2D eigenvalue weighted by atomic mass is 10.2. The molecule has 0 aromatic carbocycles. The average molecular weight is 220 g/mol. The summed E-state index contributed by atoms with van der Waals surface area (Å²) in [5.74, 6) is -8.12. The lowest BCUT2D eigenvalue weighted by molar-refractivity contribution is -0.281. The average Bonchev–Trinajstić information content (AvgIpc) is 2.17. The van der Waals surface area contributed by atoms with Crippen molar-refractivity contribution in [2.75, 3.05) is 6.61 Å². The van der Waals surface area contributed by atoms with Crippen LogP contribution in [0.3, 0.4) is 0 Å². The van der Waals surface area contributed by atoms with Crippen LogP contribution in [0.4, 0.5) is 0 Å². The number of carbonyl (C=O) groups is 3. The number of hydrogen-bond acceptors (Lipinski definition) is 5. The van der Waals surface area contributed by atoms with Gasteiger partial charge in [-0.3, -0.25) is 0 Å². The van der Waals surface area contributed by atoms with Crippen molar-refractivity contribution >= 4 is 17.9 Å². The number of carboxylic acid groups (broad SMARTS) is 3. The summed E-state index contributed by atoms with van der Waals surface area (Å²) < 4.78 is 8.92. The quantitative estimate of drug-likeness (QED) is 0.502. The maximum atomic E-state index is 10.7. The first-order valence-electron chi connectivity index (χ1n) is 3.91. The van der Waals surface area contributed by atoms with Gasteiger partial charge in [0.25, 0.3) is 0 Å². The molecule has 0 spiro atoms. The van der Waals surface area contributed by atoms with Gasteiger partial charge in [0.15, 0.2) is 6.10 Å². The molecule has 1 saturated heterocycles. The molecule has 0 aromatic heterocycles. The van der Waals surface area contributed by atoms with E-state index in [4.69, 9.17) is 15.3 Å². The molecular formula is C7H8O8. The van der Waals surface area contributed by atoms with Crippen LogP contribution in [0.5, 0.6) is 0 Å². The summed E-state index contributed by atoms with van der Waals surface area (Å²) in [7, 11) is 0. The van der Waals surface area contributed by atoms with E-state index in [9.17, 15) is 14.4 Å². The first-order valence-corrected chi connectivity index (χ1v) is 3.91. The Bertz CT molecular complexity index is 294. The molecule has 84 valence electrons. The molecule has 15 heavy (non-hydrogen) atoms. The van der Waals surface area contributed by atoms with Crippen LogP contribution in [0.1, 0.15) is 6.42 Å². The molecule has 0 saturated carbocycles. The molecule has 0 aromatic rings. The van der Waals surface area contributed by atoms with Gasteiger partial charge in [-0.1, -0.05) is 0 Å². The second-order valence-electron chi connectivity index (χ2n) is 2.81. The molecule has 0 aliphatic carbocycles. The van der Waals surface area contributed by atoms with Gasteiger partial charge in [-0.25, -0.2) is 14.4 Å².